The van der Waals surface area contributed by atoms with Crippen LogP contribution in [0.15, 0.2) is 42.5 Å². The van der Waals surface area contributed by atoms with Crippen molar-refractivity contribution in [2.75, 3.05) is 7.05 Å². The van der Waals surface area contributed by atoms with Crippen LogP contribution in [0, 0.1) is 6.92 Å². The summed E-state index contributed by atoms with van der Waals surface area (Å²) in [5.41, 5.74) is 2.65. The highest BCUT2D eigenvalue weighted by Gasteiger charge is 2.47. The third-order valence-electron chi connectivity index (χ3n) is 4.29. The first kappa shape index (κ1) is 14.5. The molecule has 0 saturated heterocycles. The van der Waals surface area contributed by atoms with Gasteiger partial charge >= 0.3 is 5.91 Å². The van der Waals surface area contributed by atoms with Crippen molar-refractivity contribution < 1.29 is 19.1 Å². The Labute approximate surface area is 139 Å². The number of likely N-dealkylation sites (N-methyl/N-ethyl adjacent to an activating group) is 1. The standard InChI is InChI=1S/C19H15NO4/c1-12-9-13-7-8-19(24-17(13)14(10-12)11-21)20(2)18(22)15-5-3-4-6-16(15)23-19/h3-11H,1-2H3/t19-/m0/s1. The van der Waals surface area contributed by atoms with Crippen molar-refractivity contribution >= 4 is 18.3 Å². The predicted octanol–water partition coefficient (Wildman–Crippen LogP) is 3.03. The Balaban J connectivity index is 1.85. The molecular formula is C19H15NO4. The lowest BCUT2D eigenvalue weighted by Crippen LogP contribution is -2.60. The van der Waals surface area contributed by atoms with Gasteiger partial charge in [0.15, 0.2) is 6.29 Å². The van der Waals surface area contributed by atoms with Crippen LogP contribution in [0.1, 0.15) is 31.8 Å². The van der Waals surface area contributed by atoms with Crippen LogP contribution in [0.2, 0.25) is 0 Å². The van der Waals surface area contributed by atoms with Crippen LogP contribution in [0.5, 0.6) is 11.5 Å². The summed E-state index contributed by atoms with van der Waals surface area (Å²) < 4.78 is 12.1. The quantitative estimate of drug-likeness (QED) is 0.758. The maximum Gasteiger partial charge on any atom is 0.362 e. The summed E-state index contributed by atoms with van der Waals surface area (Å²) in [6.45, 7) is 1.91. The van der Waals surface area contributed by atoms with Gasteiger partial charge in [0.25, 0.3) is 5.91 Å². The molecule has 0 N–H and O–H groups in total. The van der Waals surface area contributed by atoms with Gasteiger partial charge in [-0.2, -0.15) is 0 Å². The Morgan fingerprint density at radius 2 is 1.96 bits per heavy atom. The van der Waals surface area contributed by atoms with E-state index in [0.717, 1.165) is 17.4 Å². The summed E-state index contributed by atoms with van der Waals surface area (Å²) >= 11 is 0. The molecule has 0 aliphatic carbocycles. The van der Waals surface area contributed by atoms with Crippen LogP contribution < -0.4 is 9.47 Å². The van der Waals surface area contributed by atoms with Gasteiger partial charge in [-0.25, -0.2) is 0 Å². The molecule has 4 rings (SSSR count). The summed E-state index contributed by atoms with van der Waals surface area (Å²) in [7, 11) is 1.61. The van der Waals surface area contributed by atoms with E-state index in [0.29, 0.717) is 22.6 Å². The highest BCUT2D eigenvalue weighted by atomic mass is 16.7. The SMILES string of the molecule is Cc1cc(C=O)c2c(c1)C=C[C@]1(Oc3ccccc3C(=O)N1C)O2. The Morgan fingerprint density at radius 3 is 2.75 bits per heavy atom. The lowest BCUT2D eigenvalue weighted by Gasteiger charge is -2.44. The smallest absolute Gasteiger partial charge is 0.362 e. The zero-order valence-corrected chi connectivity index (χ0v) is 13.3. The summed E-state index contributed by atoms with van der Waals surface area (Å²) in [4.78, 5) is 25.5. The third kappa shape index (κ3) is 1.94. The van der Waals surface area contributed by atoms with Crippen molar-refractivity contribution in [2.45, 2.75) is 12.8 Å². The van der Waals surface area contributed by atoms with Gasteiger partial charge in [-0.15, -0.1) is 0 Å². The molecule has 0 radical (unpaired) electrons. The second-order valence-electron chi connectivity index (χ2n) is 5.92. The number of amides is 1. The molecule has 0 bridgehead atoms. The van der Waals surface area contributed by atoms with E-state index in [-0.39, 0.29) is 5.91 Å². The van der Waals surface area contributed by atoms with Crippen molar-refractivity contribution in [1.29, 1.82) is 0 Å². The molecule has 0 aromatic heterocycles. The monoisotopic (exact) mass is 321 g/mol. The second-order valence-corrected chi connectivity index (χ2v) is 5.92. The number of ether oxygens (including phenoxy) is 2. The molecule has 2 heterocycles. The summed E-state index contributed by atoms with van der Waals surface area (Å²) in [6.07, 6.45) is 4.25. The first-order valence-corrected chi connectivity index (χ1v) is 7.58. The average molecular weight is 321 g/mol. The first-order valence-electron chi connectivity index (χ1n) is 7.58. The van der Waals surface area contributed by atoms with Crippen molar-refractivity contribution in [2.24, 2.45) is 0 Å². The number of aryl methyl sites for hydroxylation is 1. The van der Waals surface area contributed by atoms with Crippen LogP contribution >= 0.6 is 0 Å². The minimum Gasteiger partial charge on any atom is -0.431 e. The molecule has 5 nitrogen and oxygen atoms in total. The van der Waals surface area contributed by atoms with E-state index >= 15 is 0 Å². The van der Waals surface area contributed by atoms with E-state index in [1.165, 1.54) is 4.90 Å². The Bertz CT molecular complexity index is 902. The molecule has 1 spiro atoms. The van der Waals surface area contributed by atoms with Gasteiger partial charge in [0.1, 0.15) is 11.5 Å². The number of aldehydes is 1. The molecule has 24 heavy (non-hydrogen) atoms. The summed E-state index contributed by atoms with van der Waals surface area (Å²) in [6, 6.07) is 10.7. The number of rotatable bonds is 1. The molecule has 0 fully saturated rings. The zero-order chi connectivity index (χ0) is 16.9. The highest BCUT2D eigenvalue weighted by Crippen LogP contribution is 2.40. The molecule has 120 valence electrons. The molecular weight excluding hydrogens is 306 g/mol. The zero-order valence-electron chi connectivity index (χ0n) is 13.3. The molecule has 0 unspecified atom stereocenters. The van der Waals surface area contributed by atoms with Crippen molar-refractivity contribution in [3.8, 4) is 11.5 Å². The maximum absolute atomic E-state index is 12.7. The number of carbonyl (C=O) groups excluding carboxylic acids is 2. The molecule has 1 amide bonds. The first-order chi connectivity index (χ1) is 11.5. The second kappa shape index (κ2) is 4.96. The fourth-order valence-electron chi connectivity index (χ4n) is 3.05. The predicted molar refractivity (Wildman–Crippen MR) is 88.1 cm³/mol. The van der Waals surface area contributed by atoms with Crippen molar-refractivity contribution in [3.63, 3.8) is 0 Å². The van der Waals surface area contributed by atoms with E-state index in [1.54, 1.807) is 43.5 Å². The van der Waals surface area contributed by atoms with Crippen LogP contribution in [0.25, 0.3) is 6.08 Å². The normalized spacial score (nSPS) is 20.9. The van der Waals surface area contributed by atoms with Gasteiger partial charge < -0.3 is 9.47 Å². The number of para-hydroxylation sites is 1. The summed E-state index contributed by atoms with van der Waals surface area (Å²) in [5.74, 6) is -0.735. The Morgan fingerprint density at radius 1 is 1.17 bits per heavy atom. The van der Waals surface area contributed by atoms with Crippen LogP contribution in [-0.2, 0) is 0 Å². The molecule has 2 aromatic carbocycles. The Hall–Kier alpha value is -3.08. The third-order valence-corrected chi connectivity index (χ3v) is 4.29. The molecule has 2 aliphatic heterocycles. The van der Waals surface area contributed by atoms with Gasteiger partial charge in [0.2, 0.25) is 0 Å². The van der Waals surface area contributed by atoms with Gasteiger partial charge in [0.05, 0.1) is 11.1 Å². The van der Waals surface area contributed by atoms with Gasteiger partial charge in [-0.05, 0) is 42.8 Å². The lowest BCUT2D eigenvalue weighted by molar-refractivity contribution is -0.166. The molecule has 1 atom stereocenters. The minimum absolute atomic E-state index is 0.204. The van der Waals surface area contributed by atoms with E-state index < -0.39 is 5.91 Å². The number of fused-ring (bicyclic) bond motifs is 2. The van der Waals surface area contributed by atoms with Crippen LogP contribution in [0.4, 0.5) is 0 Å². The fraction of sp³-hybridized carbons (Fsp3) is 0.158. The van der Waals surface area contributed by atoms with Gasteiger partial charge in [-0.3, -0.25) is 14.5 Å². The lowest BCUT2D eigenvalue weighted by atomic mass is 10.0. The fourth-order valence-corrected chi connectivity index (χ4v) is 3.05. The number of nitrogens with zero attached hydrogens (tertiary/aromatic N) is 1. The number of carbonyl (C=O) groups is 2. The molecule has 2 aromatic rings. The van der Waals surface area contributed by atoms with E-state index in [9.17, 15) is 9.59 Å². The average Bonchev–Trinajstić information content (AvgIpc) is 2.59. The van der Waals surface area contributed by atoms with Crippen LogP contribution in [-0.4, -0.2) is 30.1 Å². The molecule has 0 saturated carbocycles. The van der Waals surface area contributed by atoms with Gasteiger partial charge in [-0.1, -0.05) is 12.1 Å². The molecule has 2 aliphatic rings. The van der Waals surface area contributed by atoms with E-state index in [2.05, 4.69) is 0 Å². The number of hydrogen-bond acceptors (Lipinski definition) is 4. The van der Waals surface area contributed by atoms with Gasteiger partial charge in [0, 0.05) is 18.7 Å². The number of hydrogen-bond donors (Lipinski definition) is 0. The van der Waals surface area contributed by atoms with Crippen molar-refractivity contribution in [3.05, 3.63) is 64.7 Å². The van der Waals surface area contributed by atoms with Crippen LogP contribution in [0.3, 0.4) is 0 Å². The van der Waals surface area contributed by atoms with E-state index in [4.69, 9.17) is 9.47 Å². The molecule has 5 heteroatoms. The minimum atomic E-state index is -1.40. The largest absolute Gasteiger partial charge is 0.431 e. The van der Waals surface area contributed by atoms with Crippen molar-refractivity contribution in [1.82, 2.24) is 4.90 Å². The topological polar surface area (TPSA) is 55.8 Å². The number of benzene rings is 2. The summed E-state index contributed by atoms with van der Waals surface area (Å²) in [5, 5.41) is 0. The van der Waals surface area contributed by atoms with E-state index in [1.807, 2.05) is 19.1 Å². The Kier molecular flexibility index (Phi) is 3.00. The maximum atomic E-state index is 12.7. The highest BCUT2D eigenvalue weighted by molar-refractivity contribution is 5.98.